The summed E-state index contributed by atoms with van der Waals surface area (Å²) in [5.41, 5.74) is 8.97. The summed E-state index contributed by atoms with van der Waals surface area (Å²) in [6.45, 7) is 3.86. The van der Waals surface area contributed by atoms with E-state index in [1.807, 2.05) is 144 Å². The molecule has 0 saturated carbocycles. The Bertz CT molecular complexity index is 3970. The van der Waals surface area contributed by atoms with Gasteiger partial charge in [-0.05, 0) is 61.2 Å². The highest BCUT2D eigenvalue weighted by molar-refractivity contribution is 7.14. The second kappa shape index (κ2) is 32.7. The number of hydrogen-bond acceptors (Lipinski definition) is 17. The van der Waals surface area contributed by atoms with Gasteiger partial charge >= 0.3 is 17.9 Å². The minimum absolute atomic E-state index is 0.176. The second-order valence-corrected chi connectivity index (χ2v) is 25.2. The maximum Gasteiger partial charge on any atom is 0.304 e. The van der Waals surface area contributed by atoms with Crippen molar-refractivity contribution >= 4 is 114 Å². The number of nitrogens with zero attached hydrogens (tertiary/aromatic N) is 7. The van der Waals surface area contributed by atoms with Crippen molar-refractivity contribution in [1.29, 1.82) is 0 Å². The Morgan fingerprint density at radius 2 is 1.05 bits per heavy atom. The number of thiazole rings is 4. The Labute approximate surface area is 550 Å². The van der Waals surface area contributed by atoms with Gasteiger partial charge in [-0.25, -0.2) is 19.9 Å². The fourth-order valence-corrected chi connectivity index (χ4v) is 12.9. The topological polar surface area (TPSA) is 268 Å². The van der Waals surface area contributed by atoms with Crippen LogP contribution in [0.15, 0.2) is 160 Å². The van der Waals surface area contributed by atoms with Gasteiger partial charge < -0.3 is 29.9 Å². The highest BCUT2D eigenvalue weighted by Crippen LogP contribution is 2.36. The quantitative estimate of drug-likeness (QED) is 0.0438. The van der Waals surface area contributed by atoms with E-state index < -0.39 is 35.7 Å². The number of rotatable bonds is 24. The third kappa shape index (κ3) is 19.3. The first-order valence-corrected chi connectivity index (χ1v) is 32.4. The van der Waals surface area contributed by atoms with Gasteiger partial charge in [0.25, 0.3) is 0 Å². The van der Waals surface area contributed by atoms with E-state index in [0.717, 1.165) is 60.5 Å². The summed E-state index contributed by atoms with van der Waals surface area (Å²) in [4.78, 5) is 93.5. The van der Waals surface area contributed by atoms with Crippen molar-refractivity contribution in [3.63, 3.8) is 0 Å². The fraction of sp³-hybridized carbons (Fsp3) is 0.227. The highest BCUT2D eigenvalue weighted by atomic mass is 35.5. The summed E-state index contributed by atoms with van der Waals surface area (Å²) in [7, 11) is 4.84. The predicted molar refractivity (Wildman–Crippen MR) is 356 cm³/mol. The van der Waals surface area contributed by atoms with Crippen molar-refractivity contribution in [2.75, 3.05) is 31.0 Å². The smallest absolute Gasteiger partial charge is 0.304 e. The van der Waals surface area contributed by atoms with Crippen LogP contribution in [0, 0.1) is 31.6 Å². The predicted octanol–water partition coefficient (Wildman–Crippen LogP) is 14.0. The lowest BCUT2D eigenvalue weighted by Gasteiger charge is -2.20. The normalized spacial score (nSPS) is 11.8. The van der Waals surface area contributed by atoms with Gasteiger partial charge in [0.15, 0.2) is 10.3 Å². The van der Waals surface area contributed by atoms with Crippen molar-refractivity contribution in [3.8, 4) is 50.6 Å². The number of anilines is 2. The van der Waals surface area contributed by atoms with E-state index in [2.05, 4.69) is 25.4 Å². The SMILES string of the molecule is COc1cccc(-c2ccccc2-c2csc(CNC(=O)[C@@H](CC(=O)O)Cc3ccccc3)n2)c1.Cc1cc(CC(CC(=O)O)C(=O)N(C)c2nc(-c3ccccc3Cl)cs2)no1.Cc1nc(CC(CC(=O)O)C(=O)N(C)c2nc(-c3ccccc3Cl)cs2)cs1. The number of nitrogens with one attached hydrogen (secondary N) is 1. The average Bonchev–Trinajstić information content (AvgIpc) is 2.48. The third-order valence-electron chi connectivity index (χ3n) is 14.0. The van der Waals surface area contributed by atoms with Crippen molar-refractivity contribution < 1.29 is 53.3 Å². The molecule has 0 saturated heterocycles. The van der Waals surface area contributed by atoms with E-state index in [0.29, 0.717) is 49.6 Å². The summed E-state index contributed by atoms with van der Waals surface area (Å²) in [5.74, 6) is -4.75. The van der Waals surface area contributed by atoms with Crippen LogP contribution in [0.3, 0.4) is 0 Å². The third-order valence-corrected chi connectivity index (χ3v) is 18.1. The maximum atomic E-state index is 13.0. The number of hydrogen-bond donors (Lipinski definition) is 4. The first-order chi connectivity index (χ1) is 43.7. The first-order valence-electron chi connectivity index (χ1n) is 28.2. The van der Waals surface area contributed by atoms with Gasteiger partial charge in [-0.2, -0.15) is 0 Å². The van der Waals surface area contributed by atoms with Crippen LogP contribution in [0.4, 0.5) is 10.3 Å². The van der Waals surface area contributed by atoms with E-state index in [4.69, 9.17) is 37.4 Å². The zero-order valence-corrected chi connectivity index (χ0v) is 54.6. The number of halogens is 2. The molecule has 4 N–H and O–H groups in total. The fourth-order valence-electron chi connectivity index (χ4n) is 9.53. The molecule has 91 heavy (non-hydrogen) atoms. The van der Waals surface area contributed by atoms with Gasteiger partial charge in [0.05, 0.1) is 84.1 Å². The molecule has 25 heteroatoms. The van der Waals surface area contributed by atoms with Gasteiger partial charge in [0, 0.05) is 81.3 Å². The van der Waals surface area contributed by atoms with E-state index in [9.17, 15) is 44.1 Å². The van der Waals surface area contributed by atoms with Crippen LogP contribution in [0.2, 0.25) is 10.0 Å². The number of carboxylic acid groups (broad SMARTS) is 3. The Kier molecular flexibility index (Phi) is 24.4. The molecule has 0 bridgehead atoms. The molecule has 0 aliphatic carbocycles. The number of carboxylic acids is 3. The van der Waals surface area contributed by atoms with Crippen LogP contribution < -0.4 is 19.9 Å². The van der Waals surface area contributed by atoms with Gasteiger partial charge in [-0.1, -0.05) is 131 Å². The molecule has 470 valence electrons. The number of methoxy groups -OCH3 is 1. The summed E-state index contributed by atoms with van der Waals surface area (Å²) in [6, 6.07) is 41.7. The molecule has 5 heterocycles. The Morgan fingerprint density at radius 3 is 1.57 bits per heavy atom. The molecule has 10 aromatic rings. The number of benzene rings is 5. The molecule has 0 aliphatic heterocycles. The van der Waals surface area contributed by atoms with Crippen LogP contribution >= 0.6 is 68.5 Å². The molecule has 2 unspecified atom stereocenters. The van der Waals surface area contributed by atoms with Crippen molar-refractivity contribution in [1.82, 2.24) is 30.4 Å². The van der Waals surface area contributed by atoms with Crippen LogP contribution in [0.1, 0.15) is 52.0 Å². The molecule has 3 amide bonds. The zero-order valence-electron chi connectivity index (χ0n) is 49.8. The molecule has 10 rings (SSSR count). The van der Waals surface area contributed by atoms with Crippen molar-refractivity contribution in [3.05, 3.63) is 198 Å². The van der Waals surface area contributed by atoms with Crippen LogP contribution in [0.25, 0.3) is 44.9 Å². The molecule has 5 aromatic heterocycles. The zero-order chi connectivity index (χ0) is 65.1. The lowest BCUT2D eigenvalue weighted by Crippen LogP contribution is -2.35. The summed E-state index contributed by atoms with van der Waals surface area (Å²) in [5, 5.41) is 45.7. The lowest BCUT2D eigenvalue weighted by molar-refractivity contribution is -0.141. The van der Waals surface area contributed by atoms with Gasteiger partial charge in [-0.15, -0.1) is 45.3 Å². The Balaban J connectivity index is 0.000000178. The van der Waals surface area contributed by atoms with Crippen molar-refractivity contribution in [2.45, 2.75) is 58.9 Å². The minimum Gasteiger partial charge on any atom is -0.497 e. The molecular weight excluding hydrogens is 1280 g/mol. The van der Waals surface area contributed by atoms with E-state index in [1.54, 1.807) is 46.3 Å². The monoisotopic (exact) mass is 1340 g/mol. The van der Waals surface area contributed by atoms with E-state index >= 15 is 0 Å². The number of ether oxygens (including phenoxy) is 1. The van der Waals surface area contributed by atoms with Crippen LogP contribution in [0.5, 0.6) is 5.75 Å². The number of aliphatic carboxylic acids is 3. The largest absolute Gasteiger partial charge is 0.497 e. The van der Waals surface area contributed by atoms with Gasteiger partial charge in [-0.3, -0.25) is 38.6 Å². The molecule has 19 nitrogen and oxygen atoms in total. The summed E-state index contributed by atoms with van der Waals surface area (Å²) < 4.78 is 10.4. The molecule has 0 spiro atoms. The summed E-state index contributed by atoms with van der Waals surface area (Å²) >= 11 is 18.0. The summed E-state index contributed by atoms with van der Waals surface area (Å²) in [6.07, 6.45) is 0.0339. The molecule has 3 atom stereocenters. The number of amides is 3. The maximum absolute atomic E-state index is 13.0. The first kappa shape index (κ1) is 68.0. The number of aromatic nitrogens is 5. The van der Waals surface area contributed by atoms with Crippen LogP contribution in [-0.2, 0) is 54.6 Å². The molecule has 0 aliphatic rings. The standard InChI is InChI=1S/C28H26N2O4S.C19H18ClN3O4S.C19H18ClN3O3S2/c1-34-22-11-7-10-20(15-22)23-12-5-6-13-24(23)25-18-35-26(30-25)17-29-28(33)21(16-27(31)32)14-19-8-3-2-4-9-19;1-11-7-13(22-27-11)8-12(9-17(24)25)18(26)23(2)19-21-16(10-28-19)14-5-3-4-6-15(14)20;1-11-21-13(9-27-11)7-12(8-17(24)25)18(26)23(2)19-22-16(10-28-19)14-5-3-4-6-15(14)20/h2-13,15,18,21H,14,16-17H2,1H3,(H,29,33)(H,31,32);3-7,10,12H,8-9H2,1-2H3,(H,24,25);3-6,9-10,12H,7-8H2,1-2H3,(H,24,25)/t21-;;/m1../s1. The van der Waals surface area contributed by atoms with E-state index in [-0.39, 0.29) is 56.4 Å². The molecule has 5 aromatic carbocycles. The Morgan fingerprint density at radius 1 is 0.549 bits per heavy atom. The second-order valence-electron chi connectivity index (χ2n) is 20.7. The number of aryl methyl sites for hydroxylation is 2. The van der Waals surface area contributed by atoms with Crippen LogP contribution in [-0.4, -0.2) is 97.2 Å². The average molecular weight is 1340 g/mol. The molecule has 0 fully saturated rings. The number of carbonyl (C=O) groups is 6. The molecular formula is C66H62Cl2N8O11S4. The van der Waals surface area contributed by atoms with E-state index in [1.165, 1.54) is 55.1 Å². The minimum atomic E-state index is -1.05. The lowest BCUT2D eigenvalue weighted by atomic mass is 9.95. The molecule has 0 radical (unpaired) electrons. The Hall–Kier alpha value is -8.97. The van der Waals surface area contributed by atoms with Gasteiger partial charge in [0.2, 0.25) is 17.7 Å². The highest BCUT2D eigenvalue weighted by Gasteiger charge is 2.31. The number of carbonyl (C=O) groups excluding carboxylic acids is 3. The van der Waals surface area contributed by atoms with Gasteiger partial charge in [0.1, 0.15) is 16.5 Å². The van der Waals surface area contributed by atoms with Crippen molar-refractivity contribution in [2.24, 2.45) is 17.8 Å².